The van der Waals surface area contributed by atoms with Crippen LogP contribution in [0.15, 0.2) is 24.5 Å². The SMILES string of the molecule is O=C(NC1CCCCC1)[C@@H]1CCCN(C(=O)Nc2ccncc2)C1. The van der Waals surface area contributed by atoms with Gasteiger partial charge in [-0.3, -0.25) is 9.78 Å². The summed E-state index contributed by atoms with van der Waals surface area (Å²) in [6, 6.07) is 3.70. The van der Waals surface area contributed by atoms with Crippen LogP contribution in [0.2, 0.25) is 0 Å². The molecule has 1 saturated carbocycles. The van der Waals surface area contributed by atoms with Gasteiger partial charge in [0.05, 0.1) is 5.92 Å². The van der Waals surface area contributed by atoms with Gasteiger partial charge in [0.1, 0.15) is 0 Å². The molecule has 2 N–H and O–H groups in total. The van der Waals surface area contributed by atoms with Crippen molar-refractivity contribution >= 4 is 17.6 Å². The molecule has 0 unspecified atom stereocenters. The van der Waals surface area contributed by atoms with Crippen molar-refractivity contribution < 1.29 is 9.59 Å². The predicted molar refractivity (Wildman–Crippen MR) is 92.6 cm³/mol. The van der Waals surface area contributed by atoms with E-state index in [0.717, 1.165) is 31.4 Å². The summed E-state index contributed by atoms with van der Waals surface area (Å²) in [5.41, 5.74) is 0.726. The van der Waals surface area contributed by atoms with Crippen molar-refractivity contribution in [1.82, 2.24) is 15.2 Å². The Morgan fingerprint density at radius 2 is 1.79 bits per heavy atom. The van der Waals surface area contributed by atoms with E-state index in [-0.39, 0.29) is 17.9 Å². The molecule has 1 aliphatic carbocycles. The number of pyridine rings is 1. The molecule has 1 aromatic rings. The van der Waals surface area contributed by atoms with Gasteiger partial charge in [0.2, 0.25) is 5.91 Å². The average molecular weight is 330 g/mol. The summed E-state index contributed by atoms with van der Waals surface area (Å²) in [6.07, 6.45) is 10.9. The van der Waals surface area contributed by atoms with Crippen LogP contribution >= 0.6 is 0 Å². The van der Waals surface area contributed by atoms with Gasteiger partial charge in [0.25, 0.3) is 0 Å². The zero-order chi connectivity index (χ0) is 16.8. The third-order valence-corrected chi connectivity index (χ3v) is 4.96. The first-order chi connectivity index (χ1) is 11.7. The minimum absolute atomic E-state index is 0.0936. The van der Waals surface area contributed by atoms with E-state index in [0.29, 0.717) is 19.1 Å². The van der Waals surface area contributed by atoms with Crippen LogP contribution < -0.4 is 10.6 Å². The molecular weight excluding hydrogens is 304 g/mol. The molecule has 1 aliphatic heterocycles. The van der Waals surface area contributed by atoms with Crippen molar-refractivity contribution in [2.45, 2.75) is 51.0 Å². The first-order valence-corrected chi connectivity index (χ1v) is 8.99. The van der Waals surface area contributed by atoms with E-state index >= 15 is 0 Å². The summed E-state index contributed by atoms with van der Waals surface area (Å²) in [5, 5.41) is 6.06. The molecule has 1 aromatic heterocycles. The normalized spacial score (nSPS) is 22.0. The molecule has 1 atom stereocenters. The molecule has 6 heteroatoms. The van der Waals surface area contributed by atoms with Gasteiger partial charge in [0.15, 0.2) is 0 Å². The van der Waals surface area contributed by atoms with Gasteiger partial charge in [-0.25, -0.2) is 4.79 Å². The van der Waals surface area contributed by atoms with E-state index in [1.165, 1.54) is 19.3 Å². The summed E-state index contributed by atoms with van der Waals surface area (Å²) in [4.78, 5) is 30.6. The van der Waals surface area contributed by atoms with Gasteiger partial charge in [-0.15, -0.1) is 0 Å². The lowest BCUT2D eigenvalue weighted by molar-refractivity contribution is -0.127. The minimum atomic E-state index is -0.142. The van der Waals surface area contributed by atoms with Crippen molar-refractivity contribution in [3.8, 4) is 0 Å². The van der Waals surface area contributed by atoms with Crippen molar-refractivity contribution in [3.63, 3.8) is 0 Å². The average Bonchev–Trinajstić information content (AvgIpc) is 2.63. The van der Waals surface area contributed by atoms with Crippen LogP contribution in [0.25, 0.3) is 0 Å². The highest BCUT2D eigenvalue weighted by molar-refractivity contribution is 5.90. The Kier molecular flexibility index (Phi) is 5.67. The lowest BCUT2D eigenvalue weighted by Crippen LogP contribution is -2.48. The number of rotatable bonds is 3. The van der Waals surface area contributed by atoms with Gasteiger partial charge in [-0.2, -0.15) is 0 Å². The lowest BCUT2D eigenvalue weighted by Gasteiger charge is -2.33. The quantitative estimate of drug-likeness (QED) is 0.895. The van der Waals surface area contributed by atoms with Crippen LogP contribution in [0.5, 0.6) is 0 Å². The first-order valence-electron chi connectivity index (χ1n) is 8.99. The Labute approximate surface area is 143 Å². The molecule has 2 aliphatic rings. The highest BCUT2D eigenvalue weighted by Crippen LogP contribution is 2.21. The van der Waals surface area contributed by atoms with Gasteiger partial charge >= 0.3 is 6.03 Å². The number of likely N-dealkylation sites (tertiary alicyclic amines) is 1. The van der Waals surface area contributed by atoms with E-state index < -0.39 is 0 Å². The third kappa shape index (κ3) is 4.46. The Balaban J connectivity index is 1.51. The van der Waals surface area contributed by atoms with Crippen molar-refractivity contribution in [3.05, 3.63) is 24.5 Å². The highest BCUT2D eigenvalue weighted by Gasteiger charge is 2.29. The molecule has 2 fully saturated rings. The Morgan fingerprint density at radius 3 is 2.54 bits per heavy atom. The maximum atomic E-state index is 12.5. The molecule has 2 heterocycles. The third-order valence-electron chi connectivity index (χ3n) is 4.96. The predicted octanol–water partition coefficient (Wildman–Crippen LogP) is 2.77. The van der Waals surface area contributed by atoms with E-state index in [4.69, 9.17) is 0 Å². The number of amides is 3. The molecule has 0 aromatic carbocycles. The second-order valence-corrected chi connectivity index (χ2v) is 6.79. The summed E-state index contributed by atoms with van der Waals surface area (Å²) in [6.45, 7) is 1.19. The monoisotopic (exact) mass is 330 g/mol. The van der Waals surface area contributed by atoms with E-state index in [1.54, 1.807) is 29.4 Å². The number of hydrogen-bond acceptors (Lipinski definition) is 3. The lowest BCUT2D eigenvalue weighted by atomic mass is 9.93. The van der Waals surface area contributed by atoms with Crippen molar-refractivity contribution in [2.75, 3.05) is 18.4 Å². The van der Waals surface area contributed by atoms with Crippen LogP contribution in [0.1, 0.15) is 44.9 Å². The molecule has 0 spiro atoms. The van der Waals surface area contributed by atoms with Gasteiger partial charge in [-0.1, -0.05) is 19.3 Å². The molecule has 24 heavy (non-hydrogen) atoms. The highest BCUT2D eigenvalue weighted by atomic mass is 16.2. The Bertz CT molecular complexity index is 557. The molecule has 0 bridgehead atoms. The molecule has 130 valence electrons. The summed E-state index contributed by atoms with van der Waals surface area (Å²) in [7, 11) is 0. The fraction of sp³-hybridized carbons (Fsp3) is 0.611. The molecule has 3 rings (SSSR count). The van der Waals surface area contributed by atoms with Crippen molar-refractivity contribution in [1.29, 1.82) is 0 Å². The second kappa shape index (κ2) is 8.13. The number of carbonyl (C=O) groups is 2. The summed E-state index contributed by atoms with van der Waals surface area (Å²) < 4.78 is 0. The van der Waals surface area contributed by atoms with E-state index in [9.17, 15) is 9.59 Å². The Hall–Kier alpha value is -2.11. The molecular formula is C18H26N4O2. The summed E-state index contributed by atoms with van der Waals surface area (Å²) in [5.74, 6) is 0.0205. The number of nitrogens with zero attached hydrogens (tertiary/aromatic N) is 2. The zero-order valence-electron chi connectivity index (χ0n) is 14.0. The number of nitrogens with one attached hydrogen (secondary N) is 2. The maximum Gasteiger partial charge on any atom is 0.321 e. The first kappa shape index (κ1) is 16.7. The molecule has 1 saturated heterocycles. The minimum Gasteiger partial charge on any atom is -0.353 e. The topological polar surface area (TPSA) is 74.3 Å². The van der Waals surface area contributed by atoms with E-state index in [1.807, 2.05) is 0 Å². The molecule has 6 nitrogen and oxygen atoms in total. The zero-order valence-corrected chi connectivity index (χ0v) is 14.0. The number of aromatic nitrogens is 1. The molecule has 0 radical (unpaired) electrons. The smallest absolute Gasteiger partial charge is 0.321 e. The number of carbonyl (C=O) groups excluding carboxylic acids is 2. The van der Waals surface area contributed by atoms with Crippen LogP contribution in [-0.2, 0) is 4.79 Å². The van der Waals surface area contributed by atoms with Crippen LogP contribution in [0.4, 0.5) is 10.5 Å². The molecule has 3 amide bonds. The largest absolute Gasteiger partial charge is 0.353 e. The number of piperidine rings is 1. The number of anilines is 1. The van der Waals surface area contributed by atoms with Crippen LogP contribution in [-0.4, -0.2) is 41.0 Å². The second-order valence-electron chi connectivity index (χ2n) is 6.79. The van der Waals surface area contributed by atoms with Crippen LogP contribution in [0.3, 0.4) is 0 Å². The Morgan fingerprint density at radius 1 is 1.04 bits per heavy atom. The fourth-order valence-corrected chi connectivity index (χ4v) is 3.58. The standard InChI is InChI=1S/C18H26N4O2/c23-17(20-15-6-2-1-3-7-15)14-5-4-12-22(13-14)18(24)21-16-8-10-19-11-9-16/h8-11,14-15H,1-7,12-13H2,(H,20,23)(H,19,21,24)/t14-/m1/s1. The fourth-order valence-electron chi connectivity index (χ4n) is 3.58. The van der Waals surface area contributed by atoms with Gasteiger partial charge < -0.3 is 15.5 Å². The maximum absolute atomic E-state index is 12.5. The van der Waals surface area contributed by atoms with Crippen LogP contribution in [0, 0.1) is 5.92 Å². The van der Waals surface area contributed by atoms with Gasteiger partial charge in [0, 0.05) is 37.2 Å². The number of hydrogen-bond donors (Lipinski definition) is 2. The summed E-state index contributed by atoms with van der Waals surface area (Å²) >= 11 is 0. The van der Waals surface area contributed by atoms with Crippen molar-refractivity contribution in [2.24, 2.45) is 5.92 Å². The van der Waals surface area contributed by atoms with E-state index in [2.05, 4.69) is 15.6 Å². The number of urea groups is 1. The van der Waals surface area contributed by atoms with Gasteiger partial charge in [-0.05, 0) is 37.8 Å².